The molecule has 0 spiro atoms. The third-order valence-electron chi connectivity index (χ3n) is 5.53. The van der Waals surface area contributed by atoms with E-state index in [1.54, 1.807) is 14.0 Å². The molecule has 8 nitrogen and oxygen atoms in total. The molecule has 30 heavy (non-hydrogen) atoms. The molecule has 3 rings (SSSR count). The van der Waals surface area contributed by atoms with Crippen LogP contribution in [0.1, 0.15) is 48.0 Å². The van der Waals surface area contributed by atoms with Gasteiger partial charge in [-0.2, -0.15) is 4.31 Å². The summed E-state index contributed by atoms with van der Waals surface area (Å²) in [5.41, 5.74) is 1.06. The monoisotopic (exact) mass is 431 g/mol. The summed E-state index contributed by atoms with van der Waals surface area (Å²) in [5, 5.41) is 13.6. The molecular formula is C21H25N3O5S. The summed E-state index contributed by atoms with van der Waals surface area (Å²) < 4.78 is 27.2. The van der Waals surface area contributed by atoms with Crippen molar-refractivity contribution >= 4 is 27.3 Å². The van der Waals surface area contributed by atoms with Gasteiger partial charge in [-0.05, 0) is 56.2 Å². The Hall–Kier alpha value is -2.78. The van der Waals surface area contributed by atoms with Gasteiger partial charge in [0.25, 0.3) is 11.6 Å². The average molecular weight is 432 g/mol. The van der Waals surface area contributed by atoms with E-state index in [0.717, 1.165) is 32.1 Å². The van der Waals surface area contributed by atoms with Crippen molar-refractivity contribution in [3.63, 3.8) is 0 Å². The zero-order valence-corrected chi connectivity index (χ0v) is 17.8. The minimum atomic E-state index is -3.60. The summed E-state index contributed by atoms with van der Waals surface area (Å²) >= 11 is 0. The van der Waals surface area contributed by atoms with Crippen molar-refractivity contribution in [2.24, 2.45) is 0 Å². The Morgan fingerprint density at radius 2 is 1.73 bits per heavy atom. The van der Waals surface area contributed by atoms with Gasteiger partial charge in [-0.3, -0.25) is 14.9 Å². The molecule has 0 atom stereocenters. The number of benzene rings is 2. The Kier molecular flexibility index (Phi) is 6.52. The summed E-state index contributed by atoms with van der Waals surface area (Å²) in [4.78, 5) is 23.0. The van der Waals surface area contributed by atoms with Crippen LogP contribution >= 0.6 is 0 Å². The van der Waals surface area contributed by atoms with Crippen LogP contribution in [0, 0.1) is 17.0 Å². The number of nitrogens with one attached hydrogen (secondary N) is 1. The average Bonchev–Trinajstić information content (AvgIpc) is 2.73. The molecule has 0 bridgehead atoms. The van der Waals surface area contributed by atoms with Crippen LogP contribution in [-0.4, -0.2) is 36.6 Å². The minimum absolute atomic E-state index is 0.0218. The van der Waals surface area contributed by atoms with Gasteiger partial charge in [-0.25, -0.2) is 8.42 Å². The topological polar surface area (TPSA) is 110 Å². The van der Waals surface area contributed by atoms with Crippen molar-refractivity contribution in [1.82, 2.24) is 4.31 Å². The lowest BCUT2D eigenvalue weighted by molar-refractivity contribution is -0.385. The number of hydrogen-bond donors (Lipinski definition) is 1. The van der Waals surface area contributed by atoms with Crippen LogP contribution in [0.2, 0.25) is 0 Å². The molecule has 0 heterocycles. The molecule has 1 fully saturated rings. The van der Waals surface area contributed by atoms with Crippen LogP contribution in [0.4, 0.5) is 11.4 Å². The van der Waals surface area contributed by atoms with Gasteiger partial charge in [0.05, 0.1) is 9.82 Å². The number of nitro benzene ring substituents is 1. The number of rotatable bonds is 6. The molecule has 0 radical (unpaired) electrons. The van der Waals surface area contributed by atoms with Crippen molar-refractivity contribution in [2.75, 3.05) is 12.4 Å². The quantitative estimate of drug-likeness (QED) is 0.547. The first kappa shape index (κ1) is 21.9. The molecule has 1 aliphatic rings. The number of carbonyl (C=O) groups is 1. The molecular weight excluding hydrogens is 406 g/mol. The van der Waals surface area contributed by atoms with Crippen molar-refractivity contribution in [3.05, 3.63) is 63.7 Å². The molecule has 0 aliphatic heterocycles. The lowest BCUT2D eigenvalue weighted by Gasteiger charge is -2.30. The van der Waals surface area contributed by atoms with E-state index in [0.29, 0.717) is 11.3 Å². The number of hydrogen-bond acceptors (Lipinski definition) is 5. The summed E-state index contributed by atoms with van der Waals surface area (Å²) in [6.07, 6.45) is 4.97. The second-order valence-electron chi connectivity index (χ2n) is 7.55. The van der Waals surface area contributed by atoms with Crippen molar-refractivity contribution in [1.29, 1.82) is 0 Å². The fourth-order valence-electron chi connectivity index (χ4n) is 3.72. The highest BCUT2D eigenvalue weighted by Gasteiger charge is 2.29. The van der Waals surface area contributed by atoms with Crippen molar-refractivity contribution in [2.45, 2.75) is 50.0 Å². The first-order valence-electron chi connectivity index (χ1n) is 9.84. The predicted molar refractivity (Wildman–Crippen MR) is 114 cm³/mol. The highest BCUT2D eigenvalue weighted by molar-refractivity contribution is 7.89. The summed E-state index contributed by atoms with van der Waals surface area (Å²) in [6, 6.07) is 10.2. The SMILES string of the molecule is Cc1cc(C(=O)Nc2ccc(S(=O)(=O)N(C)C3CCCCC3)cc2)ccc1[N+](=O)[O-]. The molecule has 1 aliphatic carbocycles. The normalized spacial score (nSPS) is 15.2. The van der Waals surface area contributed by atoms with Gasteiger partial charge in [0, 0.05) is 36.0 Å². The van der Waals surface area contributed by atoms with Gasteiger partial charge in [0.1, 0.15) is 0 Å². The zero-order chi connectivity index (χ0) is 21.9. The van der Waals surface area contributed by atoms with Gasteiger partial charge in [-0.15, -0.1) is 0 Å². The molecule has 9 heteroatoms. The highest BCUT2D eigenvalue weighted by Crippen LogP contribution is 2.27. The molecule has 1 N–H and O–H groups in total. The van der Waals surface area contributed by atoms with E-state index in [4.69, 9.17) is 0 Å². The van der Waals surface area contributed by atoms with Gasteiger partial charge in [0.2, 0.25) is 10.0 Å². The van der Waals surface area contributed by atoms with Crippen molar-refractivity contribution < 1.29 is 18.1 Å². The number of aryl methyl sites for hydroxylation is 1. The Morgan fingerprint density at radius 3 is 2.30 bits per heavy atom. The lowest BCUT2D eigenvalue weighted by atomic mass is 9.96. The lowest BCUT2D eigenvalue weighted by Crippen LogP contribution is -2.38. The molecule has 0 unspecified atom stereocenters. The molecule has 0 saturated heterocycles. The van der Waals surface area contributed by atoms with Gasteiger partial charge < -0.3 is 5.32 Å². The van der Waals surface area contributed by atoms with Crippen molar-refractivity contribution in [3.8, 4) is 0 Å². The van der Waals surface area contributed by atoms with Crippen LogP contribution in [0.5, 0.6) is 0 Å². The van der Waals surface area contributed by atoms with E-state index in [9.17, 15) is 23.3 Å². The largest absolute Gasteiger partial charge is 0.322 e. The van der Waals surface area contributed by atoms with E-state index < -0.39 is 20.9 Å². The Balaban J connectivity index is 1.71. The first-order chi connectivity index (χ1) is 14.2. The molecule has 1 saturated carbocycles. The smallest absolute Gasteiger partial charge is 0.272 e. The maximum Gasteiger partial charge on any atom is 0.272 e. The van der Waals surface area contributed by atoms with Crippen LogP contribution < -0.4 is 5.32 Å². The van der Waals surface area contributed by atoms with E-state index >= 15 is 0 Å². The van der Waals surface area contributed by atoms with Crippen LogP contribution in [0.15, 0.2) is 47.4 Å². The van der Waals surface area contributed by atoms with Gasteiger partial charge in [-0.1, -0.05) is 19.3 Å². The Labute approximate surface area is 176 Å². The third kappa shape index (κ3) is 4.68. The molecule has 2 aromatic carbocycles. The number of anilines is 1. The standard InChI is InChI=1S/C21H25N3O5S/c1-15-14-16(8-13-20(15)24(26)27)21(25)22-17-9-11-19(12-10-17)30(28,29)23(2)18-6-4-3-5-7-18/h8-14,18H,3-7H2,1-2H3,(H,22,25). The van der Waals surface area contributed by atoms with E-state index in [1.807, 2.05) is 0 Å². The number of amides is 1. The third-order valence-corrected chi connectivity index (χ3v) is 7.46. The van der Waals surface area contributed by atoms with Gasteiger partial charge >= 0.3 is 0 Å². The van der Waals surface area contributed by atoms with Crippen LogP contribution in [0.25, 0.3) is 0 Å². The highest BCUT2D eigenvalue weighted by atomic mass is 32.2. The first-order valence-corrected chi connectivity index (χ1v) is 11.3. The minimum Gasteiger partial charge on any atom is -0.322 e. The second kappa shape index (κ2) is 8.93. The fraction of sp³-hybridized carbons (Fsp3) is 0.381. The van der Waals surface area contributed by atoms with E-state index in [-0.39, 0.29) is 22.2 Å². The number of sulfonamides is 1. The van der Waals surface area contributed by atoms with E-state index in [1.165, 1.54) is 46.8 Å². The van der Waals surface area contributed by atoms with Crippen LogP contribution in [0.3, 0.4) is 0 Å². The van der Waals surface area contributed by atoms with E-state index in [2.05, 4.69) is 5.32 Å². The molecule has 1 amide bonds. The maximum absolute atomic E-state index is 12.9. The number of carbonyl (C=O) groups excluding carboxylic acids is 1. The molecule has 2 aromatic rings. The Morgan fingerprint density at radius 1 is 1.10 bits per heavy atom. The fourth-order valence-corrected chi connectivity index (χ4v) is 5.14. The number of nitro groups is 1. The zero-order valence-electron chi connectivity index (χ0n) is 17.0. The van der Waals surface area contributed by atoms with Crippen LogP contribution in [-0.2, 0) is 10.0 Å². The summed E-state index contributed by atoms with van der Waals surface area (Å²) in [5.74, 6) is -0.428. The second-order valence-corrected chi connectivity index (χ2v) is 9.55. The number of nitrogens with zero attached hydrogens (tertiary/aromatic N) is 2. The Bertz CT molecular complexity index is 1040. The maximum atomic E-state index is 12.9. The summed E-state index contributed by atoms with van der Waals surface area (Å²) in [6.45, 7) is 1.57. The predicted octanol–water partition coefficient (Wildman–Crippen LogP) is 4.11. The molecule has 0 aromatic heterocycles. The van der Waals surface area contributed by atoms with Gasteiger partial charge in [0.15, 0.2) is 0 Å². The molecule has 160 valence electrons. The summed E-state index contributed by atoms with van der Waals surface area (Å²) in [7, 11) is -1.97.